The Hall–Kier alpha value is -2.62. The van der Waals surface area contributed by atoms with Gasteiger partial charge in [-0.2, -0.15) is 0 Å². The largest absolute Gasteiger partial charge is 0.399 e. The van der Waals surface area contributed by atoms with Gasteiger partial charge in [0, 0.05) is 17.7 Å². The average Bonchev–Trinajstić information content (AvgIpc) is 2.53. The van der Waals surface area contributed by atoms with E-state index in [4.69, 9.17) is 5.73 Å². The molecule has 0 fully saturated rings. The van der Waals surface area contributed by atoms with Crippen molar-refractivity contribution in [2.24, 2.45) is 0 Å². The Morgan fingerprint density at radius 3 is 2.19 bits per heavy atom. The van der Waals surface area contributed by atoms with E-state index in [0.29, 0.717) is 11.3 Å². The lowest BCUT2D eigenvalue weighted by atomic mass is 10.1. The maximum Gasteiger partial charge on any atom is 0.260 e. The Labute approximate surface area is 124 Å². The van der Waals surface area contributed by atoms with Gasteiger partial charge < -0.3 is 5.73 Å². The Balaban J connectivity index is 2.25. The van der Waals surface area contributed by atoms with E-state index in [1.807, 2.05) is 30.3 Å². The predicted octanol–water partition coefficient (Wildman–Crippen LogP) is 2.85. The quantitative estimate of drug-likeness (QED) is 0.877. The highest BCUT2D eigenvalue weighted by molar-refractivity contribution is 6.04. The van der Waals surface area contributed by atoms with Crippen LogP contribution >= 0.6 is 0 Å². The molecule has 2 aromatic rings. The normalized spacial score (nSPS) is 10.1. The number of carbonyl (C=O) groups excluding carboxylic acids is 2. The Kier molecular flexibility index (Phi) is 4.72. The fourth-order valence-electron chi connectivity index (χ4n) is 2.01. The van der Waals surface area contributed by atoms with Gasteiger partial charge in [-0.1, -0.05) is 37.3 Å². The van der Waals surface area contributed by atoms with Gasteiger partial charge in [-0.15, -0.1) is 0 Å². The molecule has 0 bridgehead atoms. The number of nitrogens with two attached hydrogens (primary N) is 1. The molecule has 0 unspecified atom stereocenters. The molecule has 2 amide bonds. The van der Waals surface area contributed by atoms with Crippen LogP contribution in [0.5, 0.6) is 0 Å². The van der Waals surface area contributed by atoms with Crippen LogP contribution in [0.15, 0.2) is 54.6 Å². The minimum absolute atomic E-state index is 0.194. The zero-order chi connectivity index (χ0) is 15.2. The number of nitrogens with zero attached hydrogens (tertiary/aromatic N) is 1. The number of benzene rings is 2. The zero-order valence-corrected chi connectivity index (χ0v) is 12.0. The first-order chi connectivity index (χ1) is 10.1. The Morgan fingerprint density at radius 1 is 1.00 bits per heavy atom. The van der Waals surface area contributed by atoms with Crippen molar-refractivity contribution in [2.45, 2.75) is 19.9 Å². The summed E-state index contributed by atoms with van der Waals surface area (Å²) in [7, 11) is 0. The Bertz CT molecular complexity index is 621. The van der Waals surface area contributed by atoms with Crippen LogP contribution in [-0.2, 0) is 11.3 Å². The van der Waals surface area contributed by atoms with Crippen LogP contribution in [-0.4, -0.2) is 16.7 Å². The molecule has 0 saturated heterocycles. The molecule has 0 atom stereocenters. The fourth-order valence-corrected chi connectivity index (χ4v) is 2.01. The van der Waals surface area contributed by atoms with Crippen LogP contribution < -0.4 is 5.73 Å². The van der Waals surface area contributed by atoms with Crippen molar-refractivity contribution in [2.75, 3.05) is 5.73 Å². The van der Waals surface area contributed by atoms with Crippen molar-refractivity contribution in [3.63, 3.8) is 0 Å². The molecule has 0 aromatic heterocycles. The van der Waals surface area contributed by atoms with Gasteiger partial charge in [0.25, 0.3) is 5.91 Å². The summed E-state index contributed by atoms with van der Waals surface area (Å²) in [5.74, 6) is -0.494. The molecular weight excluding hydrogens is 264 g/mol. The molecule has 4 heteroatoms. The molecule has 0 aliphatic rings. The second kappa shape index (κ2) is 6.70. The second-order valence-electron chi connectivity index (χ2n) is 4.75. The minimum Gasteiger partial charge on any atom is -0.399 e. The summed E-state index contributed by atoms with van der Waals surface area (Å²) in [4.78, 5) is 25.9. The molecular formula is C17H18N2O2. The number of carbonyl (C=O) groups is 2. The molecule has 0 aliphatic carbocycles. The molecule has 0 aliphatic heterocycles. The van der Waals surface area contributed by atoms with Gasteiger partial charge in [0.2, 0.25) is 5.91 Å². The lowest BCUT2D eigenvalue weighted by Gasteiger charge is -2.20. The van der Waals surface area contributed by atoms with Gasteiger partial charge in [0.15, 0.2) is 0 Å². The van der Waals surface area contributed by atoms with Gasteiger partial charge in [0.1, 0.15) is 0 Å². The van der Waals surface area contributed by atoms with E-state index in [1.165, 1.54) is 4.90 Å². The van der Waals surface area contributed by atoms with Gasteiger partial charge in [-0.25, -0.2) is 0 Å². The minimum atomic E-state index is -0.300. The van der Waals surface area contributed by atoms with Crippen LogP contribution in [0.2, 0.25) is 0 Å². The smallest absolute Gasteiger partial charge is 0.260 e. The highest BCUT2D eigenvalue weighted by atomic mass is 16.2. The Morgan fingerprint density at radius 2 is 1.62 bits per heavy atom. The van der Waals surface area contributed by atoms with Crippen LogP contribution in [0.1, 0.15) is 29.3 Å². The molecule has 0 radical (unpaired) electrons. The second-order valence-corrected chi connectivity index (χ2v) is 4.75. The maximum absolute atomic E-state index is 12.5. The van der Waals surface area contributed by atoms with Crippen molar-refractivity contribution in [1.82, 2.24) is 4.90 Å². The number of hydrogen-bond acceptors (Lipinski definition) is 3. The van der Waals surface area contributed by atoms with Crippen molar-refractivity contribution in [1.29, 1.82) is 0 Å². The molecule has 108 valence electrons. The first kappa shape index (κ1) is 14.8. The number of imide groups is 1. The highest BCUT2D eigenvalue weighted by Crippen LogP contribution is 2.13. The number of anilines is 1. The molecule has 2 N–H and O–H groups in total. The van der Waals surface area contributed by atoms with E-state index in [9.17, 15) is 9.59 Å². The summed E-state index contributed by atoms with van der Waals surface area (Å²) in [6, 6.07) is 16.1. The van der Waals surface area contributed by atoms with E-state index >= 15 is 0 Å². The predicted molar refractivity (Wildman–Crippen MR) is 82.5 cm³/mol. The van der Waals surface area contributed by atoms with Gasteiger partial charge >= 0.3 is 0 Å². The van der Waals surface area contributed by atoms with Crippen LogP contribution in [0.25, 0.3) is 0 Å². The number of amides is 2. The van der Waals surface area contributed by atoms with Crippen LogP contribution in [0, 0.1) is 0 Å². The van der Waals surface area contributed by atoms with Crippen LogP contribution in [0.3, 0.4) is 0 Å². The zero-order valence-electron chi connectivity index (χ0n) is 12.0. The average molecular weight is 282 g/mol. The topological polar surface area (TPSA) is 63.4 Å². The molecule has 4 nitrogen and oxygen atoms in total. The summed E-state index contributed by atoms with van der Waals surface area (Å²) in [5.41, 5.74) is 7.59. The third-order valence-corrected chi connectivity index (χ3v) is 3.19. The third kappa shape index (κ3) is 3.69. The molecule has 0 saturated carbocycles. The molecule has 0 spiro atoms. The van der Waals surface area contributed by atoms with E-state index in [1.54, 1.807) is 31.2 Å². The lowest BCUT2D eigenvalue weighted by Crippen LogP contribution is -2.35. The van der Waals surface area contributed by atoms with Crippen molar-refractivity contribution in [3.05, 3.63) is 65.7 Å². The summed E-state index contributed by atoms with van der Waals surface area (Å²) in [5, 5.41) is 0. The molecule has 2 rings (SSSR count). The van der Waals surface area contributed by atoms with Gasteiger partial charge in [-0.05, 0) is 29.8 Å². The fraction of sp³-hybridized carbons (Fsp3) is 0.176. The summed E-state index contributed by atoms with van der Waals surface area (Å²) in [6.07, 6.45) is 0.285. The number of nitrogen functional groups attached to an aromatic ring is 1. The monoisotopic (exact) mass is 282 g/mol. The van der Waals surface area contributed by atoms with Crippen molar-refractivity contribution < 1.29 is 9.59 Å². The maximum atomic E-state index is 12.5. The first-order valence-electron chi connectivity index (χ1n) is 6.86. The van der Waals surface area contributed by atoms with E-state index < -0.39 is 0 Å². The van der Waals surface area contributed by atoms with E-state index in [-0.39, 0.29) is 24.8 Å². The first-order valence-corrected chi connectivity index (χ1v) is 6.86. The van der Waals surface area contributed by atoms with Gasteiger partial charge in [0.05, 0.1) is 6.54 Å². The molecule has 2 aromatic carbocycles. The number of hydrogen-bond donors (Lipinski definition) is 1. The summed E-state index contributed by atoms with van der Waals surface area (Å²) < 4.78 is 0. The number of rotatable bonds is 4. The third-order valence-electron chi connectivity index (χ3n) is 3.19. The van der Waals surface area contributed by atoms with Crippen molar-refractivity contribution >= 4 is 17.5 Å². The van der Waals surface area contributed by atoms with Gasteiger partial charge in [-0.3, -0.25) is 14.5 Å². The van der Waals surface area contributed by atoms with Crippen LogP contribution in [0.4, 0.5) is 5.69 Å². The molecule has 0 heterocycles. The standard InChI is InChI=1S/C17H18N2O2/c1-2-16(20)19(12-13-6-4-3-5-7-13)17(21)14-8-10-15(18)11-9-14/h3-11H,2,12,18H2,1H3. The van der Waals surface area contributed by atoms with Crippen molar-refractivity contribution in [3.8, 4) is 0 Å². The summed E-state index contributed by atoms with van der Waals surface area (Å²) >= 11 is 0. The molecule has 21 heavy (non-hydrogen) atoms. The van der Waals surface area contributed by atoms with E-state index in [2.05, 4.69) is 0 Å². The highest BCUT2D eigenvalue weighted by Gasteiger charge is 2.21. The summed E-state index contributed by atoms with van der Waals surface area (Å²) in [6.45, 7) is 2.02. The van der Waals surface area contributed by atoms with E-state index in [0.717, 1.165) is 5.56 Å². The SMILES string of the molecule is CCC(=O)N(Cc1ccccc1)C(=O)c1ccc(N)cc1. The lowest BCUT2D eigenvalue weighted by molar-refractivity contribution is -0.128.